The van der Waals surface area contributed by atoms with E-state index in [0.717, 1.165) is 22.0 Å². The topological polar surface area (TPSA) is 84.9 Å². The second-order valence-corrected chi connectivity index (χ2v) is 11.3. The number of nitrogens with zero attached hydrogens (tertiary/aromatic N) is 1. The van der Waals surface area contributed by atoms with Crippen molar-refractivity contribution in [3.05, 3.63) is 78.4 Å². The highest BCUT2D eigenvalue weighted by atomic mass is 32.2. The van der Waals surface area contributed by atoms with Crippen LogP contribution >= 0.6 is 0 Å². The number of anilines is 2. The van der Waals surface area contributed by atoms with Crippen molar-refractivity contribution in [2.24, 2.45) is 0 Å². The van der Waals surface area contributed by atoms with Crippen LogP contribution in [-0.2, 0) is 20.2 Å². The van der Waals surface area contributed by atoms with Gasteiger partial charge < -0.3 is 14.8 Å². The lowest BCUT2D eigenvalue weighted by molar-refractivity contribution is -0.274. The van der Waals surface area contributed by atoms with Crippen LogP contribution < -0.4 is 19.1 Å². The van der Waals surface area contributed by atoms with Crippen molar-refractivity contribution in [2.45, 2.75) is 43.5 Å². The number of nitrogens with one attached hydrogen (secondary N) is 1. The van der Waals surface area contributed by atoms with Gasteiger partial charge in [0, 0.05) is 5.69 Å². The van der Waals surface area contributed by atoms with Gasteiger partial charge in [-0.05, 0) is 59.5 Å². The molecule has 0 radical (unpaired) electrons. The van der Waals surface area contributed by atoms with E-state index in [4.69, 9.17) is 4.74 Å². The van der Waals surface area contributed by atoms with Gasteiger partial charge in [0.15, 0.2) is 6.10 Å². The summed E-state index contributed by atoms with van der Waals surface area (Å²) < 4.78 is 75.3. The van der Waals surface area contributed by atoms with Crippen molar-refractivity contribution in [1.82, 2.24) is 0 Å². The average molecular weight is 535 g/mol. The second-order valence-electron chi connectivity index (χ2n) is 9.45. The second kappa shape index (κ2) is 9.62. The van der Waals surface area contributed by atoms with E-state index in [9.17, 15) is 26.4 Å². The molecule has 0 unspecified atom stereocenters. The van der Waals surface area contributed by atoms with Crippen LogP contribution in [0.5, 0.6) is 11.5 Å². The lowest BCUT2D eigenvalue weighted by Crippen LogP contribution is -2.49. The van der Waals surface area contributed by atoms with Gasteiger partial charge in [0.05, 0.1) is 17.1 Å². The van der Waals surface area contributed by atoms with Crippen molar-refractivity contribution in [2.75, 3.05) is 16.2 Å². The van der Waals surface area contributed by atoms with Crippen LogP contribution in [-0.4, -0.2) is 33.3 Å². The third-order valence-electron chi connectivity index (χ3n) is 5.67. The molecule has 0 saturated heterocycles. The SMILES string of the molecule is CC(C)(C)c1ccc2c(c1)N(S(=O)(=O)c1ccccc1)C[C@@H](C(=O)Nc1ccc(OC(F)(F)F)cc1)O2. The molecule has 3 aromatic carbocycles. The predicted octanol–water partition coefficient (Wildman–Crippen LogP) is 5.48. The number of carbonyl (C=O) groups is 1. The number of rotatable bonds is 5. The fourth-order valence-corrected chi connectivity index (χ4v) is 5.25. The summed E-state index contributed by atoms with van der Waals surface area (Å²) in [6.45, 7) is 5.68. The monoisotopic (exact) mass is 534 g/mol. The number of ether oxygens (including phenoxy) is 2. The standard InChI is InChI=1S/C26H25F3N2O5S/c1-25(2,3)17-9-14-22-21(15-17)31(37(33,34)20-7-5-4-6-8-20)16-23(35-22)24(32)30-18-10-12-19(13-11-18)36-26(27,28)29/h4-15,23H,16H2,1-3H3,(H,30,32)/t23-/m0/s1. The van der Waals surface area contributed by atoms with Crippen LogP contribution in [0.2, 0.25) is 0 Å². The lowest BCUT2D eigenvalue weighted by Gasteiger charge is -2.36. The molecule has 4 rings (SSSR count). The fraction of sp³-hybridized carbons (Fsp3) is 0.269. The third-order valence-corrected chi connectivity index (χ3v) is 7.47. The van der Waals surface area contributed by atoms with Gasteiger partial charge in [-0.15, -0.1) is 13.2 Å². The van der Waals surface area contributed by atoms with Crippen molar-refractivity contribution in [1.29, 1.82) is 0 Å². The number of benzene rings is 3. The van der Waals surface area contributed by atoms with Crippen LogP contribution in [0.3, 0.4) is 0 Å². The van der Waals surface area contributed by atoms with E-state index in [0.29, 0.717) is 5.69 Å². The van der Waals surface area contributed by atoms with Gasteiger partial charge in [-0.2, -0.15) is 0 Å². The fourth-order valence-electron chi connectivity index (χ4n) is 3.76. The van der Waals surface area contributed by atoms with Crippen LogP contribution in [0.25, 0.3) is 0 Å². The average Bonchev–Trinajstić information content (AvgIpc) is 2.83. The van der Waals surface area contributed by atoms with Crippen molar-refractivity contribution in [3.8, 4) is 11.5 Å². The zero-order valence-electron chi connectivity index (χ0n) is 20.2. The van der Waals surface area contributed by atoms with Crippen LogP contribution in [0.4, 0.5) is 24.5 Å². The molecule has 1 aliphatic rings. The quantitative estimate of drug-likeness (QED) is 0.469. The van der Waals surface area contributed by atoms with Gasteiger partial charge in [0.2, 0.25) is 0 Å². The molecule has 0 saturated carbocycles. The van der Waals surface area contributed by atoms with Gasteiger partial charge in [0.1, 0.15) is 11.5 Å². The third kappa shape index (κ3) is 5.99. The molecule has 37 heavy (non-hydrogen) atoms. The number of sulfonamides is 1. The highest BCUT2D eigenvalue weighted by Gasteiger charge is 2.38. The largest absolute Gasteiger partial charge is 0.573 e. The molecule has 3 aromatic rings. The Labute approximate surface area is 212 Å². The summed E-state index contributed by atoms with van der Waals surface area (Å²) in [7, 11) is -4.05. The Balaban J connectivity index is 1.64. The summed E-state index contributed by atoms with van der Waals surface area (Å²) >= 11 is 0. The highest BCUT2D eigenvalue weighted by Crippen LogP contribution is 2.40. The zero-order valence-corrected chi connectivity index (χ0v) is 21.1. The van der Waals surface area contributed by atoms with Crippen LogP contribution in [0.1, 0.15) is 26.3 Å². The molecule has 7 nitrogen and oxygen atoms in total. The molecular formula is C26H25F3N2O5S. The minimum absolute atomic E-state index is 0.0587. The summed E-state index contributed by atoms with van der Waals surface area (Å²) in [5.74, 6) is -0.890. The highest BCUT2D eigenvalue weighted by molar-refractivity contribution is 7.92. The Bertz CT molecular complexity index is 1390. The molecular weight excluding hydrogens is 509 g/mol. The number of alkyl halides is 3. The smallest absolute Gasteiger partial charge is 0.476 e. The maximum absolute atomic E-state index is 13.6. The lowest BCUT2D eigenvalue weighted by atomic mass is 9.86. The number of amides is 1. The summed E-state index contributed by atoms with van der Waals surface area (Å²) in [5, 5.41) is 2.56. The molecule has 0 spiro atoms. The Kier molecular flexibility index (Phi) is 6.85. The summed E-state index contributed by atoms with van der Waals surface area (Å²) in [5.41, 5.74) is 1.11. The maximum atomic E-state index is 13.6. The molecule has 1 aliphatic heterocycles. The van der Waals surface area contributed by atoms with Gasteiger partial charge in [-0.25, -0.2) is 8.42 Å². The molecule has 0 fully saturated rings. The predicted molar refractivity (Wildman–Crippen MR) is 132 cm³/mol. The Morgan fingerprint density at radius 1 is 1.00 bits per heavy atom. The van der Waals surface area contributed by atoms with E-state index in [-0.39, 0.29) is 28.3 Å². The Hall–Kier alpha value is -3.73. The summed E-state index contributed by atoms with van der Waals surface area (Å²) in [4.78, 5) is 13.1. The molecule has 1 amide bonds. The first kappa shape index (κ1) is 26.3. The van der Waals surface area contributed by atoms with E-state index in [1.54, 1.807) is 30.3 Å². The Morgan fingerprint density at radius 2 is 1.65 bits per heavy atom. The van der Waals surface area contributed by atoms with Crippen LogP contribution in [0.15, 0.2) is 77.7 Å². The first-order valence-electron chi connectivity index (χ1n) is 11.3. The minimum Gasteiger partial charge on any atom is -0.476 e. The first-order chi connectivity index (χ1) is 17.2. The molecule has 1 N–H and O–H groups in total. The number of fused-ring (bicyclic) bond motifs is 1. The molecule has 196 valence electrons. The number of hydrogen-bond donors (Lipinski definition) is 1. The van der Waals surface area contributed by atoms with E-state index in [1.165, 1.54) is 24.3 Å². The van der Waals surface area contributed by atoms with Gasteiger partial charge in [-0.3, -0.25) is 9.10 Å². The van der Waals surface area contributed by atoms with Gasteiger partial charge in [-0.1, -0.05) is 45.0 Å². The summed E-state index contributed by atoms with van der Waals surface area (Å²) in [6.07, 6.45) is -6.06. The molecule has 1 atom stereocenters. The zero-order chi connectivity index (χ0) is 27.0. The molecule has 0 aromatic heterocycles. The van der Waals surface area contributed by atoms with E-state index in [1.807, 2.05) is 26.8 Å². The maximum Gasteiger partial charge on any atom is 0.573 e. The van der Waals surface area contributed by atoms with E-state index >= 15 is 0 Å². The van der Waals surface area contributed by atoms with Gasteiger partial charge in [0.25, 0.3) is 15.9 Å². The minimum atomic E-state index is -4.84. The van der Waals surface area contributed by atoms with Crippen molar-refractivity contribution in [3.63, 3.8) is 0 Å². The molecule has 1 heterocycles. The van der Waals surface area contributed by atoms with E-state index in [2.05, 4.69) is 10.1 Å². The Morgan fingerprint density at radius 3 is 2.24 bits per heavy atom. The van der Waals surface area contributed by atoms with Crippen molar-refractivity contribution < 1.29 is 35.9 Å². The van der Waals surface area contributed by atoms with Gasteiger partial charge >= 0.3 is 6.36 Å². The number of hydrogen-bond acceptors (Lipinski definition) is 5. The van der Waals surface area contributed by atoms with E-state index < -0.39 is 34.1 Å². The normalized spacial score (nSPS) is 15.9. The molecule has 0 aliphatic carbocycles. The number of halogens is 3. The van der Waals surface area contributed by atoms with Crippen molar-refractivity contribution >= 4 is 27.3 Å². The molecule has 11 heteroatoms. The molecule has 0 bridgehead atoms. The summed E-state index contributed by atoms with van der Waals surface area (Å²) in [6, 6.07) is 17.6. The van der Waals surface area contributed by atoms with Crippen LogP contribution in [0, 0.1) is 0 Å². The number of carbonyl (C=O) groups excluding carboxylic acids is 1. The first-order valence-corrected chi connectivity index (χ1v) is 12.7.